The fourth-order valence-electron chi connectivity index (χ4n) is 2.53. The van der Waals surface area contributed by atoms with Gasteiger partial charge in [-0.1, -0.05) is 0 Å². The molecule has 3 rings (SSSR count). The third-order valence-electron chi connectivity index (χ3n) is 3.43. The lowest BCUT2D eigenvalue weighted by Gasteiger charge is -2.25. The maximum atomic E-state index is 12.3. The maximum absolute atomic E-state index is 12.3. The number of ether oxygens (including phenoxy) is 2. The lowest BCUT2D eigenvalue weighted by atomic mass is 9.88. The summed E-state index contributed by atoms with van der Waals surface area (Å²) in [6.45, 7) is 1.79. The van der Waals surface area contributed by atoms with E-state index >= 15 is 0 Å². The summed E-state index contributed by atoms with van der Waals surface area (Å²) in [6, 6.07) is 3.40. The number of carbonyl (C=O) groups is 1. The molecule has 1 atom stereocenters. The van der Waals surface area contributed by atoms with E-state index in [1.807, 2.05) is 0 Å². The monoisotopic (exact) mass is 318 g/mol. The van der Waals surface area contributed by atoms with Crippen LogP contribution in [0.25, 0.3) is 0 Å². The molecular formula is C14H14N4O5. The number of hydrogen-bond donors (Lipinski definition) is 4. The van der Waals surface area contributed by atoms with E-state index in [2.05, 4.69) is 15.0 Å². The summed E-state index contributed by atoms with van der Waals surface area (Å²) in [5.74, 6) is -1.85. The van der Waals surface area contributed by atoms with Crippen molar-refractivity contribution < 1.29 is 14.3 Å². The molecule has 5 N–H and O–H groups in total. The van der Waals surface area contributed by atoms with Crippen molar-refractivity contribution in [2.45, 2.75) is 12.8 Å². The second kappa shape index (κ2) is 5.52. The zero-order chi connectivity index (χ0) is 16.6. The fourth-order valence-corrected chi connectivity index (χ4v) is 2.53. The molecule has 0 aromatic carbocycles. The van der Waals surface area contributed by atoms with Crippen LogP contribution in [-0.4, -0.2) is 27.5 Å². The van der Waals surface area contributed by atoms with Gasteiger partial charge in [0.2, 0.25) is 11.8 Å². The van der Waals surface area contributed by atoms with Gasteiger partial charge in [-0.15, -0.1) is 0 Å². The average molecular weight is 318 g/mol. The Morgan fingerprint density at radius 1 is 1.39 bits per heavy atom. The molecule has 0 aliphatic carbocycles. The summed E-state index contributed by atoms with van der Waals surface area (Å²) in [7, 11) is 0. The quantitative estimate of drug-likeness (QED) is 0.570. The van der Waals surface area contributed by atoms with Crippen molar-refractivity contribution in [2.75, 3.05) is 6.61 Å². The van der Waals surface area contributed by atoms with Crippen LogP contribution in [-0.2, 0) is 9.53 Å². The maximum Gasteiger partial charge on any atom is 0.340 e. The van der Waals surface area contributed by atoms with Crippen LogP contribution >= 0.6 is 0 Å². The highest BCUT2D eigenvalue weighted by Gasteiger charge is 2.38. The zero-order valence-electron chi connectivity index (χ0n) is 12.1. The first-order valence-electron chi connectivity index (χ1n) is 6.87. The first-order chi connectivity index (χ1) is 11.0. The van der Waals surface area contributed by atoms with Crippen molar-refractivity contribution in [3.05, 3.63) is 61.9 Å². The van der Waals surface area contributed by atoms with Crippen LogP contribution in [0, 0.1) is 0 Å². The van der Waals surface area contributed by atoms with Gasteiger partial charge in [0.1, 0.15) is 5.57 Å². The number of esters is 1. The summed E-state index contributed by atoms with van der Waals surface area (Å²) >= 11 is 0. The minimum absolute atomic E-state index is 0.000603. The van der Waals surface area contributed by atoms with Gasteiger partial charge in [0.05, 0.1) is 18.1 Å². The zero-order valence-corrected chi connectivity index (χ0v) is 12.1. The molecule has 120 valence electrons. The van der Waals surface area contributed by atoms with Crippen LogP contribution in [0.1, 0.15) is 24.1 Å². The molecular weight excluding hydrogens is 304 g/mol. The third-order valence-corrected chi connectivity index (χ3v) is 3.43. The standard InChI is InChI=1S/C14H14N4O5/c1-2-22-13(20)8-7(6-4-3-5-16-6)9-11(19)17-14(21)18-12(9)23-10(8)15/h3-5,7,16H,2,15H2,1H3,(H2,17,18,19,21)/t7-/m1/s1. The Morgan fingerprint density at radius 2 is 2.17 bits per heavy atom. The van der Waals surface area contributed by atoms with E-state index in [1.165, 1.54) is 0 Å². The molecule has 1 aliphatic rings. The second-order valence-electron chi connectivity index (χ2n) is 4.81. The summed E-state index contributed by atoms with van der Waals surface area (Å²) in [5, 5.41) is 0. The van der Waals surface area contributed by atoms with Gasteiger partial charge < -0.3 is 20.2 Å². The molecule has 0 saturated heterocycles. The van der Waals surface area contributed by atoms with Crippen LogP contribution in [0.3, 0.4) is 0 Å². The van der Waals surface area contributed by atoms with E-state index in [1.54, 1.807) is 25.3 Å². The lowest BCUT2D eigenvalue weighted by Crippen LogP contribution is -2.35. The summed E-state index contributed by atoms with van der Waals surface area (Å²) in [4.78, 5) is 43.4. The van der Waals surface area contributed by atoms with E-state index in [0.717, 1.165) is 0 Å². The van der Waals surface area contributed by atoms with Gasteiger partial charge >= 0.3 is 11.7 Å². The Bertz CT molecular complexity index is 891. The summed E-state index contributed by atoms with van der Waals surface area (Å²) in [5.41, 5.74) is 5.04. The molecule has 0 unspecified atom stereocenters. The first kappa shape index (κ1) is 14.7. The van der Waals surface area contributed by atoms with Crippen molar-refractivity contribution in [1.82, 2.24) is 15.0 Å². The van der Waals surface area contributed by atoms with Crippen LogP contribution in [0.15, 0.2) is 39.4 Å². The number of nitrogens with two attached hydrogens (primary N) is 1. The molecule has 23 heavy (non-hydrogen) atoms. The van der Waals surface area contributed by atoms with E-state index in [-0.39, 0.29) is 29.5 Å². The number of aromatic nitrogens is 3. The fraction of sp³-hybridized carbons (Fsp3) is 0.214. The van der Waals surface area contributed by atoms with E-state index in [9.17, 15) is 14.4 Å². The number of aromatic amines is 3. The van der Waals surface area contributed by atoms with Gasteiger partial charge in [-0.3, -0.25) is 14.8 Å². The van der Waals surface area contributed by atoms with Crippen molar-refractivity contribution in [3.63, 3.8) is 0 Å². The molecule has 3 heterocycles. The molecule has 0 bridgehead atoms. The number of nitrogens with one attached hydrogen (secondary N) is 3. The van der Waals surface area contributed by atoms with Crippen LogP contribution in [0.2, 0.25) is 0 Å². The van der Waals surface area contributed by atoms with Gasteiger partial charge in [-0.2, -0.15) is 0 Å². The largest absolute Gasteiger partial charge is 0.462 e. The molecule has 2 aromatic rings. The van der Waals surface area contributed by atoms with Gasteiger partial charge in [-0.05, 0) is 19.1 Å². The molecule has 9 nitrogen and oxygen atoms in total. The highest BCUT2D eigenvalue weighted by Crippen LogP contribution is 2.38. The molecule has 1 aliphatic heterocycles. The Morgan fingerprint density at radius 3 is 2.83 bits per heavy atom. The number of carbonyl (C=O) groups excluding carboxylic acids is 1. The molecule has 2 aromatic heterocycles. The van der Waals surface area contributed by atoms with Crippen LogP contribution < -0.4 is 21.7 Å². The number of rotatable bonds is 3. The highest BCUT2D eigenvalue weighted by atomic mass is 16.5. The van der Waals surface area contributed by atoms with Crippen LogP contribution in [0.5, 0.6) is 5.88 Å². The summed E-state index contributed by atoms with van der Waals surface area (Å²) < 4.78 is 10.3. The van der Waals surface area contributed by atoms with Crippen molar-refractivity contribution >= 4 is 5.97 Å². The number of fused-ring (bicyclic) bond motifs is 1. The Kier molecular flexibility index (Phi) is 3.53. The Hall–Kier alpha value is -3.23. The highest BCUT2D eigenvalue weighted by molar-refractivity contribution is 5.92. The lowest BCUT2D eigenvalue weighted by molar-refractivity contribution is -0.139. The minimum Gasteiger partial charge on any atom is -0.462 e. The van der Waals surface area contributed by atoms with Crippen molar-refractivity contribution in [3.8, 4) is 5.88 Å². The summed E-state index contributed by atoms with van der Waals surface area (Å²) in [6.07, 6.45) is 1.64. The average Bonchev–Trinajstić information content (AvgIpc) is 2.99. The first-order valence-corrected chi connectivity index (χ1v) is 6.87. The van der Waals surface area contributed by atoms with E-state index in [0.29, 0.717) is 5.69 Å². The number of hydrogen-bond acceptors (Lipinski definition) is 6. The minimum atomic E-state index is -0.839. The predicted octanol–water partition coefficient (Wildman–Crippen LogP) is -0.351. The molecule has 0 saturated carbocycles. The number of H-pyrrole nitrogens is 3. The SMILES string of the molecule is CCOC(=O)C1=C(N)Oc2[nH]c(=O)[nH]c(=O)c2[C@@H]1c1ccc[nH]1. The van der Waals surface area contributed by atoms with Gasteiger partial charge in [0.15, 0.2) is 0 Å². The molecule has 0 spiro atoms. The van der Waals surface area contributed by atoms with E-state index < -0.39 is 23.1 Å². The second-order valence-corrected chi connectivity index (χ2v) is 4.81. The van der Waals surface area contributed by atoms with Crippen molar-refractivity contribution in [2.24, 2.45) is 5.73 Å². The van der Waals surface area contributed by atoms with E-state index in [4.69, 9.17) is 15.2 Å². The molecule has 0 amide bonds. The smallest absolute Gasteiger partial charge is 0.340 e. The Labute approximate surface area is 129 Å². The van der Waals surface area contributed by atoms with Gasteiger partial charge in [-0.25, -0.2) is 9.59 Å². The molecule has 9 heteroatoms. The van der Waals surface area contributed by atoms with Crippen molar-refractivity contribution in [1.29, 1.82) is 0 Å². The van der Waals surface area contributed by atoms with Crippen LogP contribution in [0.4, 0.5) is 0 Å². The topological polar surface area (TPSA) is 143 Å². The Balaban J connectivity index is 2.26. The normalized spacial score (nSPS) is 16.7. The van der Waals surface area contributed by atoms with Gasteiger partial charge in [0.25, 0.3) is 5.56 Å². The molecule has 0 radical (unpaired) electrons. The predicted molar refractivity (Wildman–Crippen MR) is 78.8 cm³/mol. The third kappa shape index (κ3) is 2.41. The molecule has 0 fully saturated rings. The van der Waals surface area contributed by atoms with Gasteiger partial charge in [0, 0.05) is 11.9 Å².